The van der Waals surface area contributed by atoms with Gasteiger partial charge in [-0.05, 0) is 78.0 Å². The van der Waals surface area contributed by atoms with Gasteiger partial charge in [0.1, 0.15) is 24.4 Å². The molecule has 0 aliphatic carbocycles. The van der Waals surface area contributed by atoms with Gasteiger partial charge in [0.2, 0.25) is 5.91 Å². The molecular weight excluding hydrogens is 473 g/mol. The zero-order valence-electron chi connectivity index (χ0n) is 15.0. The quantitative estimate of drug-likeness (QED) is 0.496. The average Bonchev–Trinajstić information content (AvgIpc) is 3.23. The van der Waals surface area contributed by atoms with Gasteiger partial charge < -0.3 is 15.4 Å². The second kappa shape index (κ2) is 9.31. The molecule has 0 radical (unpaired) electrons. The first-order valence-corrected chi connectivity index (χ1v) is 9.52. The summed E-state index contributed by atoms with van der Waals surface area (Å²) in [5.41, 5.74) is 1.23. The van der Waals surface area contributed by atoms with Gasteiger partial charge in [0.15, 0.2) is 6.61 Å². The molecule has 1 unspecified atom stereocenters. The van der Waals surface area contributed by atoms with Crippen LogP contribution in [0.25, 0.3) is 0 Å². The fraction of sp³-hybridized carbons (Fsp3) is 0.158. The fourth-order valence-electron chi connectivity index (χ4n) is 2.30. The SMILES string of the molecule is CC(C(=O)Nc1ccc(NC(=O)COc2ccc(I)cc2)cc1)n1cncn1. The van der Waals surface area contributed by atoms with Gasteiger partial charge in [-0.25, -0.2) is 9.67 Å². The molecule has 1 aromatic heterocycles. The van der Waals surface area contributed by atoms with Crippen molar-refractivity contribution < 1.29 is 14.3 Å². The van der Waals surface area contributed by atoms with Crippen LogP contribution in [0.15, 0.2) is 61.2 Å². The van der Waals surface area contributed by atoms with Crippen LogP contribution >= 0.6 is 22.6 Å². The van der Waals surface area contributed by atoms with Gasteiger partial charge in [-0.1, -0.05) is 0 Å². The Morgan fingerprint density at radius 1 is 1.07 bits per heavy atom. The number of amides is 2. The minimum atomic E-state index is -0.486. The smallest absolute Gasteiger partial charge is 0.262 e. The lowest BCUT2D eigenvalue weighted by molar-refractivity contribution is -0.119. The summed E-state index contributed by atoms with van der Waals surface area (Å²) >= 11 is 2.20. The van der Waals surface area contributed by atoms with E-state index in [2.05, 4.69) is 43.3 Å². The molecule has 1 atom stereocenters. The lowest BCUT2D eigenvalue weighted by Gasteiger charge is -2.12. The zero-order chi connectivity index (χ0) is 19.9. The molecule has 0 aliphatic rings. The number of nitrogens with zero attached hydrogens (tertiary/aromatic N) is 3. The summed E-state index contributed by atoms with van der Waals surface area (Å²) in [7, 11) is 0. The molecule has 28 heavy (non-hydrogen) atoms. The molecule has 0 saturated heterocycles. The number of halogens is 1. The van der Waals surface area contributed by atoms with Crippen molar-refractivity contribution in [1.82, 2.24) is 14.8 Å². The lowest BCUT2D eigenvalue weighted by atomic mass is 10.2. The van der Waals surface area contributed by atoms with Crippen LogP contribution in [0.3, 0.4) is 0 Å². The standard InChI is InChI=1S/C19H18IN5O3/c1-13(25-12-21-11-22-25)19(27)24-16-6-4-15(5-7-16)23-18(26)10-28-17-8-2-14(20)3-9-17/h2-9,11-13H,10H2,1H3,(H,23,26)(H,24,27). The van der Waals surface area contributed by atoms with Crippen LogP contribution in [0.5, 0.6) is 5.75 Å². The van der Waals surface area contributed by atoms with E-state index in [0.29, 0.717) is 17.1 Å². The predicted octanol–water partition coefficient (Wildman–Crippen LogP) is 3.10. The van der Waals surface area contributed by atoms with E-state index in [4.69, 9.17) is 4.74 Å². The van der Waals surface area contributed by atoms with Crippen LogP contribution in [0.1, 0.15) is 13.0 Å². The summed E-state index contributed by atoms with van der Waals surface area (Å²) in [6.45, 7) is 1.64. The second-order valence-corrected chi connectivity index (χ2v) is 7.15. The molecule has 0 aliphatic heterocycles. The zero-order valence-corrected chi connectivity index (χ0v) is 17.2. The Bertz CT molecular complexity index is 927. The monoisotopic (exact) mass is 491 g/mol. The second-order valence-electron chi connectivity index (χ2n) is 5.91. The number of aromatic nitrogens is 3. The molecule has 3 aromatic rings. The maximum absolute atomic E-state index is 12.2. The number of carbonyl (C=O) groups excluding carboxylic acids is 2. The molecule has 9 heteroatoms. The van der Waals surface area contributed by atoms with Gasteiger partial charge in [0, 0.05) is 14.9 Å². The molecular formula is C19H18IN5O3. The third-order valence-corrected chi connectivity index (χ3v) is 4.55. The summed E-state index contributed by atoms with van der Waals surface area (Å²) < 4.78 is 8.01. The number of benzene rings is 2. The molecule has 2 amide bonds. The number of carbonyl (C=O) groups is 2. The van der Waals surface area contributed by atoms with E-state index in [1.165, 1.54) is 17.3 Å². The van der Waals surface area contributed by atoms with Crippen LogP contribution in [0, 0.1) is 3.57 Å². The molecule has 0 bridgehead atoms. The minimum absolute atomic E-state index is 0.0888. The third-order valence-electron chi connectivity index (χ3n) is 3.83. The number of ether oxygens (including phenoxy) is 1. The first kappa shape index (κ1) is 19.8. The fourth-order valence-corrected chi connectivity index (χ4v) is 2.66. The van der Waals surface area contributed by atoms with Crippen LogP contribution in [0.2, 0.25) is 0 Å². The Balaban J connectivity index is 1.49. The highest BCUT2D eigenvalue weighted by atomic mass is 127. The summed E-state index contributed by atoms with van der Waals surface area (Å²) in [4.78, 5) is 28.1. The number of anilines is 2. The van der Waals surface area contributed by atoms with Crippen molar-refractivity contribution in [1.29, 1.82) is 0 Å². The minimum Gasteiger partial charge on any atom is -0.484 e. The number of hydrogen-bond donors (Lipinski definition) is 2. The van der Waals surface area contributed by atoms with Gasteiger partial charge in [0.25, 0.3) is 5.91 Å². The summed E-state index contributed by atoms with van der Waals surface area (Å²) in [5, 5.41) is 9.50. The van der Waals surface area contributed by atoms with Gasteiger partial charge >= 0.3 is 0 Å². The lowest BCUT2D eigenvalue weighted by Crippen LogP contribution is -2.24. The van der Waals surface area contributed by atoms with Crippen molar-refractivity contribution >= 4 is 45.8 Å². The van der Waals surface area contributed by atoms with E-state index < -0.39 is 6.04 Å². The van der Waals surface area contributed by atoms with E-state index in [0.717, 1.165) is 3.57 Å². The normalized spacial score (nSPS) is 11.5. The van der Waals surface area contributed by atoms with Crippen molar-refractivity contribution in [2.24, 2.45) is 0 Å². The van der Waals surface area contributed by atoms with Crippen molar-refractivity contribution in [3.8, 4) is 5.75 Å². The Labute approximate surface area is 175 Å². The molecule has 0 saturated carbocycles. The van der Waals surface area contributed by atoms with E-state index in [-0.39, 0.29) is 18.4 Å². The van der Waals surface area contributed by atoms with Gasteiger partial charge in [-0.3, -0.25) is 9.59 Å². The highest BCUT2D eigenvalue weighted by Gasteiger charge is 2.15. The van der Waals surface area contributed by atoms with Crippen LogP contribution < -0.4 is 15.4 Å². The number of rotatable bonds is 7. The van der Waals surface area contributed by atoms with Crippen molar-refractivity contribution in [2.75, 3.05) is 17.2 Å². The topological polar surface area (TPSA) is 98.1 Å². The van der Waals surface area contributed by atoms with E-state index in [9.17, 15) is 9.59 Å². The maximum atomic E-state index is 12.2. The Kier molecular flexibility index (Phi) is 6.58. The molecule has 8 nitrogen and oxygen atoms in total. The molecule has 0 spiro atoms. The largest absolute Gasteiger partial charge is 0.484 e. The van der Waals surface area contributed by atoms with Crippen LogP contribution in [-0.2, 0) is 9.59 Å². The predicted molar refractivity (Wildman–Crippen MR) is 113 cm³/mol. The van der Waals surface area contributed by atoms with Gasteiger partial charge in [-0.15, -0.1) is 0 Å². The van der Waals surface area contributed by atoms with E-state index >= 15 is 0 Å². The average molecular weight is 491 g/mol. The molecule has 0 fully saturated rings. The van der Waals surface area contributed by atoms with Crippen molar-refractivity contribution in [3.63, 3.8) is 0 Å². The number of nitrogens with one attached hydrogen (secondary N) is 2. The summed E-state index contributed by atoms with van der Waals surface area (Å²) in [6.07, 6.45) is 2.87. The van der Waals surface area contributed by atoms with Gasteiger partial charge in [-0.2, -0.15) is 5.10 Å². The maximum Gasteiger partial charge on any atom is 0.262 e. The van der Waals surface area contributed by atoms with Crippen molar-refractivity contribution in [3.05, 3.63) is 64.8 Å². The summed E-state index contributed by atoms with van der Waals surface area (Å²) in [5.74, 6) is 0.151. The van der Waals surface area contributed by atoms with Crippen LogP contribution in [-0.4, -0.2) is 33.2 Å². The first-order valence-electron chi connectivity index (χ1n) is 8.44. The molecule has 144 valence electrons. The Morgan fingerprint density at radius 2 is 1.71 bits per heavy atom. The van der Waals surface area contributed by atoms with Crippen LogP contribution in [0.4, 0.5) is 11.4 Å². The van der Waals surface area contributed by atoms with E-state index in [1.807, 2.05) is 24.3 Å². The molecule has 1 heterocycles. The Morgan fingerprint density at radius 3 is 2.32 bits per heavy atom. The molecule has 3 rings (SSSR count). The van der Waals surface area contributed by atoms with E-state index in [1.54, 1.807) is 31.2 Å². The van der Waals surface area contributed by atoms with Gasteiger partial charge in [0.05, 0.1) is 0 Å². The molecule has 2 aromatic carbocycles. The Hall–Kier alpha value is -2.95. The third kappa shape index (κ3) is 5.52. The highest BCUT2D eigenvalue weighted by Crippen LogP contribution is 2.16. The summed E-state index contributed by atoms with van der Waals surface area (Å²) in [6, 6.07) is 13.8. The number of hydrogen-bond acceptors (Lipinski definition) is 5. The van der Waals surface area contributed by atoms with Crippen molar-refractivity contribution in [2.45, 2.75) is 13.0 Å². The highest BCUT2D eigenvalue weighted by molar-refractivity contribution is 14.1. The first-order chi connectivity index (χ1) is 13.5. The molecule has 2 N–H and O–H groups in total.